The molecule has 2 aromatic rings. The molecular formula is C11H13N5O2. The number of hydrogen-bond acceptors (Lipinski definition) is 5. The molecule has 0 aliphatic heterocycles. The lowest BCUT2D eigenvalue weighted by Crippen LogP contribution is -2.30. The van der Waals surface area contributed by atoms with E-state index in [0.29, 0.717) is 18.2 Å². The van der Waals surface area contributed by atoms with Gasteiger partial charge in [0.1, 0.15) is 6.54 Å². The fourth-order valence-electron chi connectivity index (χ4n) is 1.79. The molecular weight excluding hydrogens is 234 g/mol. The number of nitrogens with zero attached hydrogens (tertiary/aromatic N) is 3. The number of hydrazine groups is 1. The molecule has 1 fully saturated rings. The number of carbonyl (C=O) groups excluding carboxylic acids is 1. The molecule has 1 aliphatic carbocycles. The van der Waals surface area contributed by atoms with Crippen LogP contribution in [0.5, 0.6) is 0 Å². The van der Waals surface area contributed by atoms with Crippen molar-refractivity contribution in [2.75, 3.05) is 0 Å². The molecule has 18 heavy (non-hydrogen) atoms. The minimum atomic E-state index is -0.468. The Balaban J connectivity index is 1.71. The van der Waals surface area contributed by atoms with E-state index in [1.165, 1.54) is 12.8 Å². The number of carbonyl (C=O) groups is 1. The Hall–Kier alpha value is -2.15. The van der Waals surface area contributed by atoms with Gasteiger partial charge in [-0.05, 0) is 18.9 Å². The van der Waals surface area contributed by atoms with E-state index in [0.717, 1.165) is 5.69 Å². The molecule has 94 valence electrons. The van der Waals surface area contributed by atoms with E-state index in [9.17, 15) is 4.79 Å². The predicted octanol–water partition coefficient (Wildman–Crippen LogP) is 0.400. The monoisotopic (exact) mass is 247 g/mol. The van der Waals surface area contributed by atoms with Gasteiger partial charge in [-0.1, -0.05) is 5.16 Å². The van der Waals surface area contributed by atoms with Crippen molar-refractivity contribution in [2.24, 2.45) is 5.84 Å². The van der Waals surface area contributed by atoms with Crippen LogP contribution in [-0.4, -0.2) is 20.8 Å². The first-order valence-electron chi connectivity index (χ1n) is 5.76. The Bertz CT molecular complexity index is 570. The fourth-order valence-corrected chi connectivity index (χ4v) is 1.79. The Morgan fingerprint density at radius 2 is 2.44 bits per heavy atom. The van der Waals surface area contributed by atoms with Crippen LogP contribution in [0.1, 0.15) is 40.7 Å². The Morgan fingerprint density at radius 1 is 1.61 bits per heavy atom. The molecule has 3 N–H and O–H groups in total. The highest BCUT2D eigenvalue weighted by molar-refractivity contribution is 5.91. The molecule has 7 heteroatoms. The lowest BCUT2D eigenvalue weighted by Gasteiger charge is -1.95. The average Bonchev–Trinajstić information content (AvgIpc) is 2.96. The molecule has 0 unspecified atom stereocenters. The maximum absolute atomic E-state index is 11.2. The molecule has 0 radical (unpaired) electrons. The second-order valence-corrected chi connectivity index (χ2v) is 4.36. The third-order valence-electron chi connectivity index (χ3n) is 2.90. The highest BCUT2D eigenvalue weighted by atomic mass is 16.5. The van der Waals surface area contributed by atoms with Crippen molar-refractivity contribution in [3.05, 3.63) is 35.5 Å². The number of nitrogens with one attached hydrogen (secondary N) is 1. The van der Waals surface area contributed by atoms with E-state index in [1.807, 2.05) is 17.7 Å². The number of aromatic nitrogens is 3. The standard InChI is InChI=1S/C11H13N5O2/c12-13-11(17)10-5-8(18-15-10)6-16-4-3-9(14-16)7-1-2-7/h3-5,7H,1-2,6,12H2,(H,13,17). The predicted molar refractivity (Wildman–Crippen MR) is 61.5 cm³/mol. The van der Waals surface area contributed by atoms with Gasteiger partial charge in [-0.3, -0.25) is 14.9 Å². The second-order valence-electron chi connectivity index (χ2n) is 4.36. The van der Waals surface area contributed by atoms with Crippen molar-refractivity contribution in [3.8, 4) is 0 Å². The molecule has 0 spiro atoms. The Labute approximate surface area is 103 Å². The molecule has 1 amide bonds. The minimum Gasteiger partial charge on any atom is -0.359 e. The number of amides is 1. The van der Waals surface area contributed by atoms with E-state index in [1.54, 1.807) is 10.7 Å². The average molecular weight is 247 g/mol. The summed E-state index contributed by atoms with van der Waals surface area (Å²) in [5.74, 6) is 5.74. The van der Waals surface area contributed by atoms with Crippen LogP contribution in [0.3, 0.4) is 0 Å². The summed E-state index contributed by atoms with van der Waals surface area (Å²) in [5, 5.41) is 8.07. The van der Waals surface area contributed by atoms with Gasteiger partial charge >= 0.3 is 0 Å². The maximum Gasteiger partial charge on any atom is 0.287 e. The Morgan fingerprint density at radius 3 is 3.17 bits per heavy atom. The van der Waals surface area contributed by atoms with Gasteiger partial charge in [-0.2, -0.15) is 5.10 Å². The zero-order valence-electron chi connectivity index (χ0n) is 9.67. The summed E-state index contributed by atoms with van der Waals surface area (Å²) in [7, 11) is 0. The normalized spacial score (nSPS) is 14.7. The summed E-state index contributed by atoms with van der Waals surface area (Å²) < 4.78 is 6.83. The fraction of sp³-hybridized carbons (Fsp3) is 0.364. The molecule has 1 aliphatic rings. The third kappa shape index (κ3) is 2.12. The van der Waals surface area contributed by atoms with Gasteiger partial charge in [0.2, 0.25) is 0 Å². The smallest absolute Gasteiger partial charge is 0.287 e. The van der Waals surface area contributed by atoms with Gasteiger partial charge in [0.15, 0.2) is 11.5 Å². The largest absolute Gasteiger partial charge is 0.359 e. The minimum absolute atomic E-state index is 0.169. The summed E-state index contributed by atoms with van der Waals surface area (Å²) in [5.41, 5.74) is 3.29. The second kappa shape index (κ2) is 4.26. The van der Waals surface area contributed by atoms with Crippen LogP contribution in [0.4, 0.5) is 0 Å². The number of rotatable bonds is 4. The zero-order valence-corrected chi connectivity index (χ0v) is 9.67. The molecule has 0 bridgehead atoms. The van der Waals surface area contributed by atoms with E-state index < -0.39 is 5.91 Å². The van der Waals surface area contributed by atoms with Crippen molar-refractivity contribution in [1.82, 2.24) is 20.4 Å². The van der Waals surface area contributed by atoms with Crippen molar-refractivity contribution < 1.29 is 9.32 Å². The van der Waals surface area contributed by atoms with Gasteiger partial charge in [0.25, 0.3) is 5.91 Å². The van der Waals surface area contributed by atoms with E-state index >= 15 is 0 Å². The SMILES string of the molecule is NNC(=O)c1cc(Cn2ccc(C3CC3)n2)on1. The first-order valence-corrected chi connectivity index (χ1v) is 5.76. The van der Waals surface area contributed by atoms with Crippen LogP contribution in [0.25, 0.3) is 0 Å². The maximum atomic E-state index is 11.2. The van der Waals surface area contributed by atoms with Crippen LogP contribution >= 0.6 is 0 Å². The lowest BCUT2D eigenvalue weighted by molar-refractivity contribution is 0.0944. The summed E-state index contributed by atoms with van der Waals surface area (Å²) in [4.78, 5) is 11.2. The molecule has 2 aromatic heterocycles. The topological polar surface area (TPSA) is 99.0 Å². The van der Waals surface area contributed by atoms with Gasteiger partial charge < -0.3 is 4.52 Å². The first-order chi connectivity index (χ1) is 8.76. The van der Waals surface area contributed by atoms with Gasteiger partial charge in [-0.15, -0.1) is 0 Å². The Kier molecular flexibility index (Phi) is 2.60. The van der Waals surface area contributed by atoms with Crippen molar-refractivity contribution >= 4 is 5.91 Å². The van der Waals surface area contributed by atoms with E-state index in [-0.39, 0.29) is 5.69 Å². The number of nitrogen functional groups attached to an aromatic ring is 1. The first kappa shape index (κ1) is 11.0. The lowest BCUT2D eigenvalue weighted by atomic mass is 10.3. The van der Waals surface area contributed by atoms with E-state index in [2.05, 4.69) is 10.3 Å². The number of hydrogen-bond donors (Lipinski definition) is 2. The summed E-state index contributed by atoms with van der Waals surface area (Å²) in [6, 6.07) is 3.57. The zero-order chi connectivity index (χ0) is 12.5. The molecule has 3 rings (SSSR count). The molecule has 7 nitrogen and oxygen atoms in total. The van der Waals surface area contributed by atoms with Crippen LogP contribution in [0.2, 0.25) is 0 Å². The van der Waals surface area contributed by atoms with E-state index in [4.69, 9.17) is 10.4 Å². The summed E-state index contributed by atoms with van der Waals surface area (Å²) >= 11 is 0. The van der Waals surface area contributed by atoms with Crippen molar-refractivity contribution in [2.45, 2.75) is 25.3 Å². The molecule has 0 atom stereocenters. The molecule has 0 aromatic carbocycles. The van der Waals surface area contributed by atoms with Crippen molar-refractivity contribution in [3.63, 3.8) is 0 Å². The van der Waals surface area contributed by atoms with Crippen LogP contribution < -0.4 is 11.3 Å². The van der Waals surface area contributed by atoms with Crippen LogP contribution in [0, 0.1) is 0 Å². The van der Waals surface area contributed by atoms with Crippen LogP contribution in [0.15, 0.2) is 22.9 Å². The van der Waals surface area contributed by atoms with Gasteiger partial charge in [0, 0.05) is 18.2 Å². The highest BCUT2D eigenvalue weighted by Crippen LogP contribution is 2.38. The highest BCUT2D eigenvalue weighted by Gasteiger charge is 2.25. The quantitative estimate of drug-likeness (QED) is 0.463. The summed E-state index contributed by atoms with van der Waals surface area (Å²) in [6.07, 6.45) is 4.35. The number of nitrogens with two attached hydrogens (primary N) is 1. The molecule has 2 heterocycles. The molecule has 1 saturated carbocycles. The molecule has 0 saturated heterocycles. The third-order valence-corrected chi connectivity index (χ3v) is 2.90. The van der Waals surface area contributed by atoms with Crippen molar-refractivity contribution in [1.29, 1.82) is 0 Å². The van der Waals surface area contributed by atoms with Gasteiger partial charge in [0.05, 0.1) is 5.69 Å². The summed E-state index contributed by atoms with van der Waals surface area (Å²) in [6.45, 7) is 0.456. The van der Waals surface area contributed by atoms with Crippen LogP contribution in [-0.2, 0) is 6.54 Å². The van der Waals surface area contributed by atoms with Gasteiger partial charge in [-0.25, -0.2) is 5.84 Å².